The van der Waals surface area contributed by atoms with Crippen LogP contribution >= 0.6 is 0 Å². The molecule has 1 aliphatic carbocycles. The number of benzene rings is 2. The summed E-state index contributed by atoms with van der Waals surface area (Å²) >= 11 is 0. The van der Waals surface area contributed by atoms with E-state index in [1.165, 1.54) is 30.0 Å². The molecule has 4 aliphatic rings. The summed E-state index contributed by atoms with van der Waals surface area (Å²) < 4.78 is 40.6. The van der Waals surface area contributed by atoms with E-state index in [1.807, 2.05) is 18.2 Å². The Morgan fingerprint density at radius 3 is 2.38 bits per heavy atom. The zero-order valence-electron chi connectivity index (χ0n) is 27.0. The van der Waals surface area contributed by atoms with Crippen molar-refractivity contribution in [1.29, 1.82) is 5.26 Å². The lowest BCUT2D eigenvalue weighted by molar-refractivity contribution is -0.129. The van der Waals surface area contributed by atoms with Crippen LogP contribution in [0.4, 0.5) is 10.1 Å². The number of nitrogens with zero attached hydrogens (tertiary/aromatic N) is 4. The van der Waals surface area contributed by atoms with E-state index in [0.717, 1.165) is 76.1 Å². The van der Waals surface area contributed by atoms with E-state index in [2.05, 4.69) is 27.8 Å². The summed E-state index contributed by atoms with van der Waals surface area (Å²) in [5.41, 5.74) is 0.855. The quantitative estimate of drug-likeness (QED) is 0.384. The summed E-state index contributed by atoms with van der Waals surface area (Å²) in [5.74, 6) is -0.207. The summed E-state index contributed by atoms with van der Waals surface area (Å²) in [6.45, 7) is 9.82. The average molecular weight is 662 g/mol. The van der Waals surface area contributed by atoms with Gasteiger partial charge in [-0.05, 0) is 92.7 Å². The maximum atomic E-state index is 14.5. The van der Waals surface area contributed by atoms with E-state index in [-0.39, 0.29) is 53.5 Å². The second-order valence-electron chi connectivity index (χ2n) is 13.8. The lowest BCUT2D eigenvalue weighted by Crippen LogP contribution is -2.56. The van der Waals surface area contributed by atoms with Crippen molar-refractivity contribution in [2.45, 2.75) is 60.6 Å². The molecule has 3 atom stereocenters. The molecule has 11 heteroatoms. The van der Waals surface area contributed by atoms with E-state index < -0.39 is 20.5 Å². The number of halogens is 1. The van der Waals surface area contributed by atoms with Gasteiger partial charge in [-0.2, -0.15) is 5.26 Å². The van der Waals surface area contributed by atoms with E-state index >= 15 is 0 Å². The van der Waals surface area contributed by atoms with E-state index in [0.29, 0.717) is 5.92 Å². The molecule has 0 bridgehead atoms. The molecular weight excluding hydrogens is 617 g/mol. The third-order valence-corrected chi connectivity index (χ3v) is 13.1. The number of piperidine rings is 1. The van der Waals surface area contributed by atoms with Crippen LogP contribution in [0.1, 0.15) is 44.6 Å². The van der Waals surface area contributed by atoms with Crippen molar-refractivity contribution in [1.82, 2.24) is 15.1 Å². The monoisotopic (exact) mass is 661 g/mol. The van der Waals surface area contributed by atoms with Gasteiger partial charge >= 0.3 is 0 Å². The molecule has 0 radical (unpaired) electrons. The molecule has 1 saturated carbocycles. The third-order valence-electron chi connectivity index (χ3n) is 11.0. The Hall–Kier alpha value is -3.75. The molecular formula is C36H44FN5O4S. The fraction of sp³-hybridized carbons (Fsp3) is 0.528. The molecule has 2 aromatic rings. The van der Waals surface area contributed by atoms with Crippen LogP contribution in [0, 0.1) is 34.9 Å². The zero-order valence-corrected chi connectivity index (χ0v) is 27.8. The smallest absolute Gasteiger partial charge is 0.246 e. The zero-order chi connectivity index (χ0) is 33.3. The van der Waals surface area contributed by atoms with Crippen LogP contribution in [-0.2, 0) is 24.8 Å². The van der Waals surface area contributed by atoms with Gasteiger partial charge in [0.15, 0.2) is 9.84 Å². The molecule has 2 aromatic carbocycles. The van der Waals surface area contributed by atoms with Crippen LogP contribution in [-0.4, -0.2) is 87.1 Å². The van der Waals surface area contributed by atoms with Crippen molar-refractivity contribution in [2.24, 2.45) is 17.8 Å². The Morgan fingerprint density at radius 1 is 1.06 bits per heavy atom. The van der Waals surface area contributed by atoms with Crippen molar-refractivity contribution in [3.05, 3.63) is 72.6 Å². The van der Waals surface area contributed by atoms with Gasteiger partial charge in [0.25, 0.3) is 0 Å². The van der Waals surface area contributed by atoms with Crippen molar-refractivity contribution in [2.75, 3.05) is 50.7 Å². The minimum absolute atomic E-state index is 0.0584. The highest BCUT2D eigenvalue weighted by atomic mass is 32.2. The number of nitriles is 1. The number of anilines is 1. The first-order valence-corrected chi connectivity index (χ1v) is 18.3. The van der Waals surface area contributed by atoms with Gasteiger partial charge in [0, 0.05) is 63.2 Å². The maximum Gasteiger partial charge on any atom is 0.246 e. The minimum atomic E-state index is -3.50. The van der Waals surface area contributed by atoms with Crippen molar-refractivity contribution < 1.29 is 22.4 Å². The number of likely N-dealkylation sites (tertiary alicyclic amines) is 2. The Labute approximate surface area is 277 Å². The Morgan fingerprint density at radius 2 is 1.77 bits per heavy atom. The molecule has 2 amide bonds. The highest BCUT2D eigenvalue weighted by Crippen LogP contribution is 2.50. The topological polar surface area (TPSA) is 114 Å². The molecule has 6 rings (SSSR count). The Kier molecular flexibility index (Phi) is 9.45. The Bertz CT molecular complexity index is 1640. The van der Waals surface area contributed by atoms with Crippen LogP contribution in [0.5, 0.6) is 0 Å². The lowest BCUT2D eigenvalue weighted by atomic mass is 9.59. The standard InChI is InChI=1S/C36H44FN5O4S/c1-3-35(44)42-22-32(23-42)47(45,46)31-12-10-30(11-13-31)41-20-26(21-41)19-40-16-14-27(15-17-40)36(24-38,28-6-4-7-29(37)18-28)33-8-5-9-34(33)39-25(2)43/h3-4,6-7,10-13,18,26-27,32-34H,1,5,8-9,14-17,19-23H2,2H3,(H,39,43)/t33-,34-,36?/m0/s1. The van der Waals surface area contributed by atoms with Gasteiger partial charge in [-0.3, -0.25) is 9.59 Å². The van der Waals surface area contributed by atoms with Crippen LogP contribution in [0.3, 0.4) is 0 Å². The highest BCUT2D eigenvalue weighted by molar-refractivity contribution is 7.92. The largest absolute Gasteiger partial charge is 0.371 e. The van der Waals surface area contributed by atoms with Crippen molar-refractivity contribution in [3.8, 4) is 6.07 Å². The van der Waals surface area contributed by atoms with Gasteiger partial charge < -0.3 is 20.0 Å². The SMILES string of the molecule is C=CC(=O)N1CC(S(=O)(=O)c2ccc(N3CC(CN4CCC(C(C#N)(c5cccc(F)c5)[C@H]5CCC[C@@H]5NC(C)=O)CC4)C3)cc2)C1. The summed E-state index contributed by atoms with van der Waals surface area (Å²) in [6, 6.07) is 16.2. The predicted molar refractivity (Wildman–Crippen MR) is 178 cm³/mol. The van der Waals surface area contributed by atoms with E-state index in [4.69, 9.17) is 0 Å². The molecule has 4 fully saturated rings. The van der Waals surface area contributed by atoms with Crippen molar-refractivity contribution >= 4 is 27.3 Å². The number of carbonyl (C=O) groups is 2. The van der Waals surface area contributed by atoms with Gasteiger partial charge in [0.2, 0.25) is 11.8 Å². The van der Waals surface area contributed by atoms with Gasteiger partial charge in [0.05, 0.1) is 16.4 Å². The second kappa shape index (κ2) is 13.4. The number of sulfone groups is 1. The fourth-order valence-corrected chi connectivity index (χ4v) is 10.1. The predicted octanol–water partition coefficient (Wildman–Crippen LogP) is 3.91. The number of carbonyl (C=O) groups excluding carboxylic acids is 2. The van der Waals surface area contributed by atoms with Gasteiger partial charge in [-0.25, -0.2) is 12.8 Å². The first kappa shape index (κ1) is 33.2. The Balaban J connectivity index is 1.04. The molecule has 0 spiro atoms. The molecule has 47 heavy (non-hydrogen) atoms. The number of hydrogen-bond acceptors (Lipinski definition) is 7. The minimum Gasteiger partial charge on any atom is -0.371 e. The summed E-state index contributed by atoms with van der Waals surface area (Å²) in [7, 11) is -3.50. The molecule has 0 aromatic heterocycles. The third kappa shape index (κ3) is 6.42. The number of nitrogens with one attached hydrogen (secondary N) is 1. The van der Waals surface area contributed by atoms with Gasteiger partial charge in [-0.15, -0.1) is 0 Å². The van der Waals surface area contributed by atoms with Gasteiger partial charge in [-0.1, -0.05) is 25.1 Å². The fourth-order valence-electron chi connectivity index (χ4n) is 8.49. The first-order chi connectivity index (χ1) is 22.5. The average Bonchev–Trinajstić information content (AvgIpc) is 3.47. The van der Waals surface area contributed by atoms with Crippen LogP contribution in [0.2, 0.25) is 0 Å². The second-order valence-corrected chi connectivity index (χ2v) is 16.0. The van der Waals surface area contributed by atoms with Crippen LogP contribution in [0.25, 0.3) is 0 Å². The number of rotatable bonds is 10. The summed E-state index contributed by atoms with van der Waals surface area (Å²) in [5, 5.41) is 13.4. The van der Waals surface area contributed by atoms with Crippen molar-refractivity contribution in [3.63, 3.8) is 0 Å². The van der Waals surface area contributed by atoms with Crippen LogP contribution < -0.4 is 10.2 Å². The van der Waals surface area contributed by atoms with E-state index in [1.54, 1.807) is 18.2 Å². The summed E-state index contributed by atoms with van der Waals surface area (Å²) in [4.78, 5) is 30.2. The number of hydrogen-bond donors (Lipinski definition) is 1. The molecule has 1 unspecified atom stereocenters. The number of amides is 2. The van der Waals surface area contributed by atoms with Crippen LogP contribution in [0.15, 0.2) is 66.1 Å². The molecule has 9 nitrogen and oxygen atoms in total. The van der Waals surface area contributed by atoms with Gasteiger partial charge in [0.1, 0.15) is 11.1 Å². The molecule has 3 aliphatic heterocycles. The highest BCUT2D eigenvalue weighted by Gasteiger charge is 2.52. The molecule has 250 valence electrons. The lowest BCUT2D eigenvalue weighted by Gasteiger charge is -2.48. The summed E-state index contributed by atoms with van der Waals surface area (Å²) in [6.07, 6.45) is 5.46. The maximum absolute atomic E-state index is 14.5. The first-order valence-electron chi connectivity index (χ1n) is 16.7. The molecule has 3 saturated heterocycles. The van der Waals surface area contributed by atoms with E-state index in [9.17, 15) is 27.7 Å². The molecule has 1 N–H and O–H groups in total. The molecule has 3 heterocycles. The normalized spacial score (nSPS) is 24.1.